The van der Waals surface area contributed by atoms with E-state index in [-0.39, 0.29) is 12.5 Å². The van der Waals surface area contributed by atoms with E-state index < -0.39 is 0 Å². The predicted octanol–water partition coefficient (Wildman–Crippen LogP) is 3.22. The molecule has 2 aromatic rings. The third-order valence-electron chi connectivity index (χ3n) is 2.92. The minimum absolute atomic E-state index is 0.114. The highest BCUT2D eigenvalue weighted by molar-refractivity contribution is 7.99. The third kappa shape index (κ3) is 5.06. The lowest BCUT2D eigenvalue weighted by molar-refractivity contribution is -0.114. The van der Waals surface area contributed by atoms with Crippen molar-refractivity contribution >= 4 is 29.0 Å². The van der Waals surface area contributed by atoms with Gasteiger partial charge in [-0.25, -0.2) is 0 Å². The number of benzene rings is 2. The van der Waals surface area contributed by atoms with Crippen LogP contribution in [0.15, 0.2) is 53.4 Å². The van der Waals surface area contributed by atoms with Gasteiger partial charge < -0.3 is 10.6 Å². The van der Waals surface area contributed by atoms with Crippen LogP contribution in [-0.2, 0) is 4.79 Å². The molecule has 23 heavy (non-hydrogen) atoms. The first-order chi connectivity index (χ1) is 11.2. The van der Waals surface area contributed by atoms with Crippen LogP contribution in [0, 0.1) is 22.7 Å². The highest BCUT2D eigenvalue weighted by atomic mass is 32.2. The molecule has 6 heteroatoms. The van der Waals surface area contributed by atoms with Crippen molar-refractivity contribution in [1.82, 2.24) is 0 Å². The second-order valence-electron chi connectivity index (χ2n) is 4.53. The summed E-state index contributed by atoms with van der Waals surface area (Å²) in [5.74, 6) is 0.149. The van der Waals surface area contributed by atoms with Crippen molar-refractivity contribution in [2.45, 2.75) is 4.90 Å². The molecule has 2 aromatic carbocycles. The highest BCUT2D eigenvalue weighted by Gasteiger charge is 2.07. The number of anilines is 2. The van der Waals surface area contributed by atoms with Crippen molar-refractivity contribution in [2.75, 3.05) is 22.9 Å². The molecule has 0 aliphatic rings. The Labute approximate surface area is 138 Å². The van der Waals surface area contributed by atoms with Gasteiger partial charge in [-0.3, -0.25) is 4.79 Å². The molecule has 114 valence electrons. The number of hydrogen-bond donors (Lipinski definition) is 2. The fraction of sp³-hybridized carbons (Fsp3) is 0.118. The fourth-order valence-corrected chi connectivity index (χ4v) is 2.51. The van der Waals surface area contributed by atoms with Gasteiger partial charge in [-0.2, -0.15) is 10.5 Å². The maximum atomic E-state index is 12.0. The quantitative estimate of drug-likeness (QED) is 0.797. The Morgan fingerprint density at radius 1 is 1.09 bits per heavy atom. The van der Waals surface area contributed by atoms with Gasteiger partial charge in [0.25, 0.3) is 0 Å². The van der Waals surface area contributed by atoms with Crippen molar-refractivity contribution < 1.29 is 4.79 Å². The Bertz CT molecular complexity index is 759. The van der Waals surface area contributed by atoms with E-state index >= 15 is 0 Å². The molecule has 0 atom stereocenters. The van der Waals surface area contributed by atoms with Crippen molar-refractivity contribution in [3.63, 3.8) is 0 Å². The van der Waals surface area contributed by atoms with Gasteiger partial charge in [0.2, 0.25) is 5.91 Å². The Kier molecular flexibility index (Phi) is 6.05. The van der Waals surface area contributed by atoms with Gasteiger partial charge in [-0.15, -0.1) is 11.8 Å². The van der Waals surface area contributed by atoms with Gasteiger partial charge in [0, 0.05) is 10.6 Å². The second-order valence-corrected chi connectivity index (χ2v) is 5.55. The smallest absolute Gasteiger partial charge is 0.243 e. The van der Waals surface area contributed by atoms with Crippen LogP contribution in [0.3, 0.4) is 0 Å². The number of rotatable bonds is 6. The van der Waals surface area contributed by atoms with Gasteiger partial charge in [0.15, 0.2) is 0 Å². The van der Waals surface area contributed by atoms with Gasteiger partial charge in [0.05, 0.1) is 35.7 Å². The van der Waals surface area contributed by atoms with Gasteiger partial charge >= 0.3 is 0 Å². The lowest BCUT2D eigenvalue weighted by Crippen LogP contribution is -2.22. The standard InChI is InChI=1S/C17H14N4OS/c18-9-10-23-16-4-2-1-3-15(16)21-17(22)12-20-14-7-5-13(11-19)6-8-14/h1-8,20H,10,12H2,(H,21,22). The Hall–Kier alpha value is -2.96. The van der Waals surface area contributed by atoms with Crippen LogP contribution in [0.2, 0.25) is 0 Å². The Balaban J connectivity index is 1.92. The monoisotopic (exact) mass is 322 g/mol. The van der Waals surface area contributed by atoms with E-state index in [9.17, 15) is 4.79 Å². The lowest BCUT2D eigenvalue weighted by atomic mass is 10.2. The first-order valence-electron chi connectivity index (χ1n) is 6.85. The van der Waals surface area contributed by atoms with Crippen LogP contribution in [0.4, 0.5) is 11.4 Å². The number of para-hydroxylation sites is 1. The average molecular weight is 322 g/mol. The minimum Gasteiger partial charge on any atom is -0.376 e. The maximum absolute atomic E-state index is 12.0. The molecule has 0 aliphatic heterocycles. The maximum Gasteiger partial charge on any atom is 0.243 e. The molecule has 0 aromatic heterocycles. The zero-order chi connectivity index (χ0) is 16.5. The summed E-state index contributed by atoms with van der Waals surface area (Å²) in [5, 5.41) is 23.2. The third-order valence-corrected chi connectivity index (χ3v) is 3.86. The zero-order valence-electron chi connectivity index (χ0n) is 12.2. The number of carbonyl (C=O) groups excluding carboxylic acids is 1. The number of carbonyl (C=O) groups is 1. The summed E-state index contributed by atoms with van der Waals surface area (Å²) in [5.41, 5.74) is 2.04. The molecule has 1 amide bonds. The highest BCUT2D eigenvalue weighted by Crippen LogP contribution is 2.26. The molecule has 0 saturated carbocycles. The molecular formula is C17H14N4OS. The minimum atomic E-state index is -0.181. The largest absolute Gasteiger partial charge is 0.376 e. The summed E-state index contributed by atoms with van der Waals surface area (Å²) in [6.45, 7) is 0.114. The summed E-state index contributed by atoms with van der Waals surface area (Å²) in [6.07, 6.45) is 0. The molecule has 2 rings (SSSR count). The molecule has 0 saturated heterocycles. The van der Waals surface area contributed by atoms with Crippen LogP contribution in [-0.4, -0.2) is 18.2 Å². The van der Waals surface area contributed by atoms with Gasteiger partial charge in [-0.05, 0) is 36.4 Å². The molecule has 2 N–H and O–H groups in total. The summed E-state index contributed by atoms with van der Waals surface area (Å²) >= 11 is 1.38. The van der Waals surface area contributed by atoms with E-state index in [1.165, 1.54) is 11.8 Å². The molecule has 5 nitrogen and oxygen atoms in total. The number of thioether (sulfide) groups is 1. The molecule has 0 heterocycles. The Morgan fingerprint density at radius 2 is 1.83 bits per heavy atom. The van der Waals surface area contributed by atoms with Gasteiger partial charge in [-0.1, -0.05) is 12.1 Å². The van der Waals surface area contributed by atoms with E-state index in [4.69, 9.17) is 10.5 Å². The van der Waals surface area contributed by atoms with Crippen molar-refractivity contribution in [2.24, 2.45) is 0 Å². The van der Waals surface area contributed by atoms with E-state index in [1.807, 2.05) is 24.3 Å². The number of nitrogens with zero attached hydrogens (tertiary/aromatic N) is 2. The molecule has 0 aliphatic carbocycles. The normalized spacial score (nSPS) is 9.48. The van der Waals surface area contributed by atoms with Crippen molar-refractivity contribution in [3.8, 4) is 12.1 Å². The van der Waals surface area contributed by atoms with Gasteiger partial charge in [0.1, 0.15) is 0 Å². The first-order valence-corrected chi connectivity index (χ1v) is 7.84. The lowest BCUT2D eigenvalue weighted by Gasteiger charge is -2.11. The summed E-state index contributed by atoms with van der Waals surface area (Å²) < 4.78 is 0. The van der Waals surface area contributed by atoms with E-state index in [2.05, 4.69) is 16.7 Å². The predicted molar refractivity (Wildman–Crippen MR) is 91.1 cm³/mol. The van der Waals surface area contributed by atoms with Crippen LogP contribution in [0.1, 0.15) is 5.56 Å². The topological polar surface area (TPSA) is 88.7 Å². The van der Waals surface area contributed by atoms with Crippen LogP contribution in [0.5, 0.6) is 0 Å². The number of hydrogen-bond acceptors (Lipinski definition) is 5. The fourth-order valence-electron chi connectivity index (χ4n) is 1.85. The Morgan fingerprint density at radius 3 is 2.52 bits per heavy atom. The molecule has 0 fully saturated rings. The molecule has 0 radical (unpaired) electrons. The average Bonchev–Trinajstić information content (AvgIpc) is 2.59. The first kappa shape index (κ1) is 16.4. The van der Waals surface area contributed by atoms with Crippen LogP contribution < -0.4 is 10.6 Å². The van der Waals surface area contributed by atoms with E-state index in [0.717, 1.165) is 10.6 Å². The molecule has 0 bridgehead atoms. The summed E-state index contributed by atoms with van der Waals surface area (Å²) in [4.78, 5) is 12.9. The van der Waals surface area contributed by atoms with E-state index in [0.29, 0.717) is 17.0 Å². The summed E-state index contributed by atoms with van der Waals surface area (Å²) in [6, 6.07) is 18.4. The SMILES string of the molecule is N#CCSc1ccccc1NC(=O)CNc1ccc(C#N)cc1. The second kappa shape index (κ2) is 8.47. The number of nitrogens with one attached hydrogen (secondary N) is 2. The van der Waals surface area contributed by atoms with Crippen molar-refractivity contribution in [3.05, 3.63) is 54.1 Å². The molecule has 0 unspecified atom stereocenters. The number of amides is 1. The zero-order valence-corrected chi connectivity index (χ0v) is 13.1. The van der Waals surface area contributed by atoms with E-state index in [1.54, 1.807) is 30.3 Å². The molecule has 0 spiro atoms. The van der Waals surface area contributed by atoms with Crippen LogP contribution >= 0.6 is 11.8 Å². The summed E-state index contributed by atoms with van der Waals surface area (Å²) in [7, 11) is 0. The number of nitriles is 2. The van der Waals surface area contributed by atoms with Crippen LogP contribution in [0.25, 0.3) is 0 Å². The molecular weight excluding hydrogens is 308 g/mol. The van der Waals surface area contributed by atoms with Crippen molar-refractivity contribution in [1.29, 1.82) is 10.5 Å².